The van der Waals surface area contributed by atoms with Gasteiger partial charge in [0, 0.05) is 54.7 Å². The predicted molar refractivity (Wildman–Crippen MR) is 237 cm³/mol. The molecular formula is C53H31N3O2. The molecule has 8 aromatic carbocycles. The maximum atomic E-state index is 6.49. The highest BCUT2D eigenvalue weighted by Crippen LogP contribution is 2.42. The fourth-order valence-corrected chi connectivity index (χ4v) is 8.57. The van der Waals surface area contributed by atoms with Crippen LogP contribution in [-0.4, -0.2) is 15.0 Å². The Kier molecular flexibility index (Phi) is 7.16. The van der Waals surface area contributed by atoms with Crippen molar-refractivity contribution < 1.29 is 8.83 Å². The van der Waals surface area contributed by atoms with Crippen molar-refractivity contribution >= 4 is 65.6 Å². The lowest BCUT2D eigenvalue weighted by Gasteiger charge is -2.14. The molecule has 5 nitrogen and oxygen atoms in total. The summed E-state index contributed by atoms with van der Waals surface area (Å²) < 4.78 is 12.8. The molecule has 0 radical (unpaired) electrons. The third-order valence-corrected chi connectivity index (χ3v) is 11.3. The number of benzene rings is 8. The number of fused-ring (bicyclic) bond motifs is 9. The molecule has 0 saturated carbocycles. The van der Waals surface area contributed by atoms with E-state index in [9.17, 15) is 0 Å². The quantitative estimate of drug-likeness (QED) is 0.176. The van der Waals surface area contributed by atoms with Crippen molar-refractivity contribution in [2.24, 2.45) is 0 Å². The van der Waals surface area contributed by atoms with Crippen LogP contribution in [-0.2, 0) is 0 Å². The molecule has 0 spiro atoms. The summed E-state index contributed by atoms with van der Waals surface area (Å²) in [5.74, 6) is 0.650. The molecule has 0 unspecified atom stereocenters. The van der Waals surface area contributed by atoms with E-state index in [-0.39, 0.29) is 0 Å². The molecule has 0 saturated heterocycles. The van der Waals surface area contributed by atoms with E-state index in [1.54, 1.807) is 0 Å². The number of nitrogens with zero attached hydrogens (tertiary/aromatic N) is 3. The Balaban J connectivity index is 1.01. The van der Waals surface area contributed by atoms with Gasteiger partial charge in [0.2, 0.25) is 0 Å². The first kappa shape index (κ1) is 32.4. The van der Waals surface area contributed by atoms with E-state index < -0.39 is 0 Å². The zero-order valence-electron chi connectivity index (χ0n) is 31.1. The Morgan fingerprint density at radius 2 is 0.862 bits per heavy atom. The normalized spacial score (nSPS) is 11.8. The second-order valence-corrected chi connectivity index (χ2v) is 14.7. The molecule has 0 bridgehead atoms. The summed E-state index contributed by atoms with van der Waals surface area (Å²) in [6.07, 6.45) is 0. The Morgan fingerprint density at radius 3 is 1.66 bits per heavy atom. The molecule has 270 valence electrons. The van der Waals surface area contributed by atoms with Crippen molar-refractivity contribution in [3.63, 3.8) is 0 Å². The minimum atomic E-state index is 0.650. The SMILES string of the molecule is c1ccc(-c2cc(-c3ccc(-c4cccc5c4oc4ccccc45)c4ccccc34)nc(-c3ccc(-c4nc5c6ccccc6oc5c5ccccc45)cc3)n2)cc1. The number of hydrogen-bond donors (Lipinski definition) is 0. The molecular weight excluding hydrogens is 711 g/mol. The maximum Gasteiger partial charge on any atom is 0.161 e. The Hall–Kier alpha value is -7.89. The van der Waals surface area contributed by atoms with Gasteiger partial charge in [-0.3, -0.25) is 0 Å². The van der Waals surface area contributed by atoms with Gasteiger partial charge >= 0.3 is 0 Å². The van der Waals surface area contributed by atoms with Crippen LogP contribution in [0.1, 0.15) is 0 Å². The van der Waals surface area contributed by atoms with Gasteiger partial charge in [-0.2, -0.15) is 0 Å². The number of hydrogen-bond acceptors (Lipinski definition) is 5. The first-order valence-corrected chi connectivity index (χ1v) is 19.4. The number of furan rings is 2. The van der Waals surface area contributed by atoms with Crippen molar-refractivity contribution in [1.29, 1.82) is 0 Å². The van der Waals surface area contributed by atoms with E-state index in [0.717, 1.165) is 116 Å². The molecule has 0 N–H and O–H groups in total. The number of pyridine rings is 1. The molecule has 0 aliphatic carbocycles. The summed E-state index contributed by atoms with van der Waals surface area (Å²) in [7, 11) is 0. The topological polar surface area (TPSA) is 65.0 Å². The largest absolute Gasteiger partial charge is 0.455 e. The Bertz CT molecular complexity index is 3570. The van der Waals surface area contributed by atoms with E-state index >= 15 is 0 Å². The van der Waals surface area contributed by atoms with Crippen LogP contribution in [0.15, 0.2) is 197 Å². The molecule has 12 rings (SSSR count). The Labute approximate surface area is 332 Å². The smallest absolute Gasteiger partial charge is 0.161 e. The van der Waals surface area contributed by atoms with Gasteiger partial charge in [-0.25, -0.2) is 15.0 Å². The summed E-state index contributed by atoms with van der Waals surface area (Å²) in [4.78, 5) is 15.7. The lowest BCUT2D eigenvalue weighted by molar-refractivity contribution is 0.670. The highest BCUT2D eigenvalue weighted by Gasteiger charge is 2.19. The minimum Gasteiger partial charge on any atom is -0.455 e. The van der Waals surface area contributed by atoms with E-state index in [2.05, 4.69) is 133 Å². The first-order chi connectivity index (χ1) is 28.7. The van der Waals surface area contributed by atoms with Gasteiger partial charge in [-0.05, 0) is 40.6 Å². The van der Waals surface area contributed by atoms with Gasteiger partial charge < -0.3 is 8.83 Å². The molecule has 0 fully saturated rings. The van der Waals surface area contributed by atoms with Gasteiger partial charge in [-0.15, -0.1) is 0 Å². The molecule has 4 heterocycles. The van der Waals surface area contributed by atoms with E-state index in [1.165, 1.54) is 0 Å². The number of aromatic nitrogens is 3. The highest BCUT2D eigenvalue weighted by atomic mass is 16.3. The maximum absolute atomic E-state index is 6.49. The molecule has 0 aliphatic heterocycles. The molecule has 12 aromatic rings. The van der Waals surface area contributed by atoms with Crippen molar-refractivity contribution in [3.05, 3.63) is 188 Å². The minimum absolute atomic E-state index is 0.650. The van der Waals surface area contributed by atoms with Crippen molar-refractivity contribution in [3.8, 4) is 56.3 Å². The summed E-state index contributed by atoms with van der Waals surface area (Å²) in [5, 5.41) is 7.55. The van der Waals surface area contributed by atoms with Crippen LogP contribution >= 0.6 is 0 Å². The van der Waals surface area contributed by atoms with Gasteiger partial charge in [-0.1, -0.05) is 164 Å². The van der Waals surface area contributed by atoms with Crippen molar-refractivity contribution in [2.45, 2.75) is 0 Å². The van der Waals surface area contributed by atoms with Crippen LogP contribution in [0.3, 0.4) is 0 Å². The summed E-state index contributed by atoms with van der Waals surface area (Å²) in [6.45, 7) is 0. The fourth-order valence-electron chi connectivity index (χ4n) is 8.57. The molecule has 0 atom stereocenters. The number of para-hydroxylation sites is 3. The monoisotopic (exact) mass is 741 g/mol. The average molecular weight is 742 g/mol. The molecule has 5 heteroatoms. The van der Waals surface area contributed by atoms with E-state index in [1.807, 2.05) is 54.6 Å². The second-order valence-electron chi connectivity index (χ2n) is 14.7. The summed E-state index contributed by atoms with van der Waals surface area (Å²) >= 11 is 0. The summed E-state index contributed by atoms with van der Waals surface area (Å²) in [6, 6.07) is 64.9. The lowest BCUT2D eigenvalue weighted by atomic mass is 9.92. The Morgan fingerprint density at radius 1 is 0.310 bits per heavy atom. The zero-order chi connectivity index (χ0) is 38.2. The zero-order valence-corrected chi connectivity index (χ0v) is 31.1. The van der Waals surface area contributed by atoms with Crippen LogP contribution < -0.4 is 0 Å². The van der Waals surface area contributed by atoms with E-state index in [4.69, 9.17) is 23.8 Å². The van der Waals surface area contributed by atoms with E-state index in [0.29, 0.717) is 5.82 Å². The molecule has 4 aromatic heterocycles. The lowest BCUT2D eigenvalue weighted by Crippen LogP contribution is -1.97. The second kappa shape index (κ2) is 12.8. The molecule has 0 amide bonds. The van der Waals surface area contributed by atoms with Crippen LogP contribution in [0.5, 0.6) is 0 Å². The van der Waals surface area contributed by atoms with Crippen LogP contribution in [0.2, 0.25) is 0 Å². The summed E-state index contributed by atoms with van der Waals surface area (Å²) in [5.41, 5.74) is 13.1. The highest BCUT2D eigenvalue weighted by molar-refractivity contribution is 6.16. The molecule has 58 heavy (non-hydrogen) atoms. The predicted octanol–water partition coefficient (Wildman–Crippen LogP) is 14.3. The average Bonchev–Trinajstić information content (AvgIpc) is 3.88. The van der Waals surface area contributed by atoms with Gasteiger partial charge in [0.05, 0.1) is 17.1 Å². The van der Waals surface area contributed by atoms with Crippen molar-refractivity contribution in [1.82, 2.24) is 15.0 Å². The van der Waals surface area contributed by atoms with Gasteiger partial charge in [0.1, 0.15) is 22.3 Å². The standard InChI is InChI=1S/C53H31N3O2/c1-2-13-32(14-3-1)45-31-46(38-30-29-37(35-15-4-5-16-36(35)38)41-21-12-22-42-39-17-8-10-23-47(39)57-51(41)42)55-53(54-45)34-27-25-33(26-28-34)49-40-18-6-7-19-43(40)52-50(56-49)44-20-9-11-24-48(44)58-52/h1-31H. The van der Waals surface area contributed by atoms with Crippen LogP contribution in [0.4, 0.5) is 0 Å². The fraction of sp³-hybridized carbons (Fsp3) is 0. The van der Waals surface area contributed by atoms with Gasteiger partial charge in [0.25, 0.3) is 0 Å². The van der Waals surface area contributed by atoms with Crippen LogP contribution in [0.25, 0.3) is 122 Å². The molecule has 0 aliphatic rings. The van der Waals surface area contributed by atoms with Crippen molar-refractivity contribution in [2.75, 3.05) is 0 Å². The van der Waals surface area contributed by atoms with Gasteiger partial charge in [0.15, 0.2) is 11.4 Å². The number of rotatable bonds is 5. The van der Waals surface area contributed by atoms with Crippen LogP contribution in [0, 0.1) is 0 Å². The third kappa shape index (κ3) is 5.07. The first-order valence-electron chi connectivity index (χ1n) is 19.4. The third-order valence-electron chi connectivity index (χ3n) is 11.3.